The van der Waals surface area contributed by atoms with Crippen molar-refractivity contribution in [3.63, 3.8) is 0 Å². The van der Waals surface area contributed by atoms with Gasteiger partial charge >= 0.3 is 0 Å². The van der Waals surface area contributed by atoms with Crippen molar-refractivity contribution in [1.29, 1.82) is 0 Å². The molecule has 0 aliphatic carbocycles. The van der Waals surface area contributed by atoms with E-state index in [0.29, 0.717) is 38.0 Å². The van der Waals surface area contributed by atoms with Gasteiger partial charge in [-0.1, -0.05) is 13.8 Å². The first-order chi connectivity index (χ1) is 9.10. The molecule has 0 spiro atoms. The van der Waals surface area contributed by atoms with Crippen LogP contribution in [0, 0.1) is 11.8 Å². The first kappa shape index (κ1) is 16.2. The summed E-state index contributed by atoms with van der Waals surface area (Å²) in [6.45, 7) is 12.2. The van der Waals surface area contributed by atoms with E-state index in [4.69, 9.17) is 4.74 Å². The van der Waals surface area contributed by atoms with E-state index in [0.717, 1.165) is 6.42 Å². The van der Waals surface area contributed by atoms with E-state index in [9.17, 15) is 8.42 Å². The predicted molar refractivity (Wildman–Crippen MR) is 79.6 cm³/mol. The molecule has 0 bridgehead atoms. The molecule has 0 N–H and O–H groups in total. The average molecular weight is 304 g/mol. The van der Waals surface area contributed by atoms with Crippen molar-refractivity contribution in [3.8, 4) is 0 Å². The minimum Gasteiger partial charge on any atom is -0.370 e. The maximum Gasteiger partial charge on any atom is 0.282 e. The van der Waals surface area contributed by atoms with Crippen LogP contribution in [0.2, 0.25) is 0 Å². The van der Waals surface area contributed by atoms with Gasteiger partial charge in [-0.2, -0.15) is 17.0 Å². The van der Waals surface area contributed by atoms with E-state index >= 15 is 0 Å². The molecule has 20 heavy (non-hydrogen) atoms. The molecular formula is C14H28N2O3S. The molecule has 3 unspecified atom stereocenters. The highest BCUT2D eigenvalue weighted by Gasteiger charge is 2.41. The normalized spacial score (nSPS) is 37.0. The Labute approximate surface area is 123 Å². The summed E-state index contributed by atoms with van der Waals surface area (Å²) < 4.78 is 34.8. The van der Waals surface area contributed by atoms with E-state index < -0.39 is 15.8 Å². The molecule has 0 aromatic rings. The van der Waals surface area contributed by atoms with Crippen LogP contribution in [0.15, 0.2) is 0 Å². The van der Waals surface area contributed by atoms with Crippen LogP contribution in [0.1, 0.15) is 41.0 Å². The van der Waals surface area contributed by atoms with Crippen LogP contribution >= 0.6 is 0 Å². The summed E-state index contributed by atoms with van der Waals surface area (Å²) in [6.07, 6.45) is 1.05. The van der Waals surface area contributed by atoms with E-state index in [-0.39, 0.29) is 6.10 Å². The minimum atomic E-state index is -3.37. The molecule has 2 saturated heterocycles. The van der Waals surface area contributed by atoms with Crippen molar-refractivity contribution in [2.24, 2.45) is 11.8 Å². The molecule has 2 aliphatic rings. The molecule has 2 fully saturated rings. The summed E-state index contributed by atoms with van der Waals surface area (Å²) in [7, 11) is -3.37. The Morgan fingerprint density at radius 3 is 2.05 bits per heavy atom. The monoisotopic (exact) mass is 304 g/mol. The first-order valence-electron chi connectivity index (χ1n) is 7.53. The van der Waals surface area contributed by atoms with Gasteiger partial charge in [-0.25, -0.2) is 0 Å². The van der Waals surface area contributed by atoms with Crippen LogP contribution in [-0.2, 0) is 14.9 Å². The summed E-state index contributed by atoms with van der Waals surface area (Å²) in [5.41, 5.74) is -0.419. The second-order valence-electron chi connectivity index (χ2n) is 7.25. The fourth-order valence-electron chi connectivity index (χ4n) is 3.53. The Hall–Kier alpha value is -0.170. The Balaban J connectivity index is 2.17. The third-order valence-electron chi connectivity index (χ3n) is 4.03. The lowest BCUT2D eigenvalue weighted by Gasteiger charge is -2.44. The number of ether oxygens (including phenoxy) is 1. The second kappa shape index (κ2) is 5.55. The molecule has 118 valence electrons. The SMILES string of the molecule is CC1CC(C)CN(S(=O)(=O)N2CC(C)OC(C)(C)C2)C1. The van der Waals surface area contributed by atoms with Crippen molar-refractivity contribution in [2.75, 3.05) is 26.2 Å². The highest BCUT2D eigenvalue weighted by atomic mass is 32.2. The molecule has 0 saturated carbocycles. The van der Waals surface area contributed by atoms with E-state index in [1.165, 1.54) is 0 Å². The zero-order valence-electron chi connectivity index (χ0n) is 13.3. The summed E-state index contributed by atoms with van der Waals surface area (Å²) in [5, 5.41) is 0. The van der Waals surface area contributed by atoms with Gasteiger partial charge in [-0.05, 0) is 39.0 Å². The van der Waals surface area contributed by atoms with Crippen molar-refractivity contribution < 1.29 is 13.2 Å². The van der Waals surface area contributed by atoms with Crippen LogP contribution in [0.3, 0.4) is 0 Å². The smallest absolute Gasteiger partial charge is 0.282 e. The lowest BCUT2D eigenvalue weighted by molar-refractivity contribution is -0.110. The number of piperidine rings is 1. The van der Waals surface area contributed by atoms with Gasteiger partial charge in [-0.3, -0.25) is 0 Å². The fourth-order valence-corrected chi connectivity index (χ4v) is 5.61. The Kier molecular flexibility index (Phi) is 4.50. The zero-order chi connectivity index (χ0) is 15.1. The van der Waals surface area contributed by atoms with Gasteiger partial charge in [0.25, 0.3) is 10.2 Å². The number of hydrogen-bond acceptors (Lipinski definition) is 3. The molecule has 0 radical (unpaired) electrons. The molecule has 6 heteroatoms. The topological polar surface area (TPSA) is 49.9 Å². The summed E-state index contributed by atoms with van der Waals surface area (Å²) in [4.78, 5) is 0. The standard InChI is InChI=1S/C14H28N2O3S/c1-11-6-12(2)8-15(7-11)20(17,18)16-9-13(3)19-14(4,5)10-16/h11-13H,6-10H2,1-5H3. The number of morpholine rings is 1. The number of rotatable bonds is 2. The minimum absolute atomic E-state index is 0.0619. The zero-order valence-corrected chi connectivity index (χ0v) is 14.1. The second-order valence-corrected chi connectivity index (χ2v) is 9.18. The first-order valence-corrected chi connectivity index (χ1v) is 8.93. The third kappa shape index (κ3) is 3.53. The Bertz CT molecular complexity index is 439. The highest BCUT2D eigenvalue weighted by molar-refractivity contribution is 7.86. The van der Waals surface area contributed by atoms with Crippen molar-refractivity contribution >= 4 is 10.2 Å². The molecule has 2 aliphatic heterocycles. The highest BCUT2D eigenvalue weighted by Crippen LogP contribution is 2.28. The molecule has 0 aromatic carbocycles. The van der Waals surface area contributed by atoms with Crippen LogP contribution < -0.4 is 0 Å². The van der Waals surface area contributed by atoms with Gasteiger partial charge in [0.1, 0.15) is 0 Å². The predicted octanol–water partition coefficient (Wildman–Crippen LogP) is 1.71. The summed E-state index contributed by atoms with van der Waals surface area (Å²) >= 11 is 0. The van der Waals surface area contributed by atoms with Gasteiger partial charge < -0.3 is 4.74 Å². The van der Waals surface area contributed by atoms with Gasteiger partial charge in [0.2, 0.25) is 0 Å². The molecule has 3 atom stereocenters. The van der Waals surface area contributed by atoms with E-state index in [2.05, 4.69) is 13.8 Å². The van der Waals surface area contributed by atoms with E-state index in [1.54, 1.807) is 8.61 Å². The van der Waals surface area contributed by atoms with Crippen molar-refractivity contribution in [1.82, 2.24) is 8.61 Å². The number of nitrogens with zero attached hydrogens (tertiary/aromatic N) is 2. The maximum atomic E-state index is 12.9. The van der Waals surface area contributed by atoms with Gasteiger partial charge in [0.15, 0.2) is 0 Å². The maximum absolute atomic E-state index is 12.9. The van der Waals surface area contributed by atoms with Gasteiger partial charge in [0, 0.05) is 26.2 Å². The fraction of sp³-hybridized carbons (Fsp3) is 1.00. The molecular weight excluding hydrogens is 276 g/mol. The van der Waals surface area contributed by atoms with Crippen LogP contribution in [0.4, 0.5) is 0 Å². The van der Waals surface area contributed by atoms with Crippen molar-refractivity contribution in [3.05, 3.63) is 0 Å². The van der Waals surface area contributed by atoms with Crippen LogP contribution in [0.5, 0.6) is 0 Å². The third-order valence-corrected chi connectivity index (χ3v) is 5.91. The number of hydrogen-bond donors (Lipinski definition) is 0. The van der Waals surface area contributed by atoms with Crippen LogP contribution in [-0.4, -0.2) is 54.9 Å². The molecule has 2 rings (SSSR count). The lowest BCUT2D eigenvalue weighted by atomic mass is 9.94. The van der Waals surface area contributed by atoms with Gasteiger partial charge in [0.05, 0.1) is 11.7 Å². The largest absolute Gasteiger partial charge is 0.370 e. The molecule has 5 nitrogen and oxygen atoms in total. The molecule has 2 heterocycles. The van der Waals surface area contributed by atoms with Crippen molar-refractivity contribution in [2.45, 2.75) is 52.7 Å². The summed E-state index contributed by atoms with van der Waals surface area (Å²) in [6, 6.07) is 0. The molecule has 0 aromatic heterocycles. The summed E-state index contributed by atoms with van der Waals surface area (Å²) in [5.74, 6) is 0.861. The lowest BCUT2D eigenvalue weighted by Crippen LogP contribution is -2.58. The quantitative estimate of drug-likeness (QED) is 0.780. The Morgan fingerprint density at radius 1 is 1.00 bits per heavy atom. The Morgan fingerprint density at radius 2 is 1.55 bits per heavy atom. The van der Waals surface area contributed by atoms with Crippen LogP contribution in [0.25, 0.3) is 0 Å². The van der Waals surface area contributed by atoms with Gasteiger partial charge in [-0.15, -0.1) is 0 Å². The average Bonchev–Trinajstić information content (AvgIpc) is 2.24. The van der Waals surface area contributed by atoms with E-state index in [1.807, 2.05) is 20.8 Å². The molecule has 0 amide bonds.